The summed E-state index contributed by atoms with van der Waals surface area (Å²) in [5.41, 5.74) is 2.33. The average molecular weight is 698 g/mol. The highest BCUT2D eigenvalue weighted by atomic mass is 16.8. The van der Waals surface area contributed by atoms with E-state index in [1.165, 1.54) is 51.4 Å². The van der Waals surface area contributed by atoms with Gasteiger partial charge in [0.05, 0.1) is 26.7 Å². The lowest BCUT2D eigenvalue weighted by Crippen LogP contribution is -2.48. The van der Waals surface area contributed by atoms with Crippen LogP contribution in [0, 0.1) is 0 Å². The third kappa shape index (κ3) is 12.1. The normalized spacial score (nSPS) is 21.3. The van der Waals surface area contributed by atoms with Crippen molar-refractivity contribution in [2.75, 3.05) is 26.1 Å². The Labute approximate surface area is 298 Å². The molecule has 0 spiro atoms. The van der Waals surface area contributed by atoms with Crippen LogP contribution in [0.15, 0.2) is 42.5 Å². The molecule has 50 heavy (non-hydrogen) atoms. The number of fused-ring (bicyclic) bond motifs is 1. The van der Waals surface area contributed by atoms with Crippen molar-refractivity contribution in [3.05, 3.63) is 53.6 Å². The number of rotatable bonds is 21. The highest BCUT2D eigenvalue weighted by molar-refractivity contribution is 5.89. The fraction of sp³-hybridized carbons (Fsp3) is 0.641. The summed E-state index contributed by atoms with van der Waals surface area (Å²) in [6.07, 6.45) is 11.1. The summed E-state index contributed by atoms with van der Waals surface area (Å²) in [6, 6.07) is 12.0. The Morgan fingerprint density at radius 1 is 0.820 bits per heavy atom. The predicted octanol–water partition coefficient (Wildman–Crippen LogP) is 7.26. The Morgan fingerprint density at radius 2 is 1.44 bits per heavy atom. The summed E-state index contributed by atoms with van der Waals surface area (Å²) in [5, 5.41) is 8.79. The van der Waals surface area contributed by atoms with Crippen LogP contribution in [0.5, 0.6) is 11.5 Å². The molecule has 2 aliphatic rings. The van der Waals surface area contributed by atoms with E-state index >= 15 is 0 Å². The van der Waals surface area contributed by atoms with Gasteiger partial charge in [0.1, 0.15) is 18.3 Å². The van der Waals surface area contributed by atoms with Crippen LogP contribution in [0.25, 0.3) is 0 Å². The Hall–Kier alpha value is -3.38. The number of ether oxygens (including phenoxy) is 6. The molecule has 0 aromatic heterocycles. The van der Waals surface area contributed by atoms with Crippen molar-refractivity contribution in [3.8, 4) is 11.5 Å². The smallest absolute Gasteiger partial charge is 0.319 e. The molecule has 3 N–H and O–H groups in total. The number of benzene rings is 2. The minimum absolute atomic E-state index is 0.117. The number of carbonyl (C=O) groups is 2. The SMILES string of the molecule is CCCCCCCCCCCCO[C@H]1O[C@H]([C@H](C)NC(=O)Nc2ccc(CC(=O)NCc3ccc(OC)c(OC)c3)cc2)[C@@H]2OC(C)(C)O[C@H]12. The maximum atomic E-state index is 13.0. The van der Waals surface area contributed by atoms with Crippen molar-refractivity contribution in [2.24, 2.45) is 0 Å². The predicted molar refractivity (Wildman–Crippen MR) is 193 cm³/mol. The van der Waals surface area contributed by atoms with Crippen LogP contribution < -0.4 is 25.4 Å². The molecule has 0 bridgehead atoms. The van der Waals surface area contributed by atoms with Crippen LogP contribution in [0.3, 0.4) is 0 Å². The average Bonchev–Trinajstić information content (AvgIpc) is 3.59. The quantitative estimate of drug-likeness (QED) is 0.117. The topological polar surface area (TPSA) is 126 Å². The third-order valence-corrected chi connectivity index (χ3v) is 9.19. The zero-order valence-electron chi connectivity index (χ0n) is 30.9. The Morgan fingerprint density at radius 3 is 2.10 bits per heavy atom. The van der Waals surface area contributed by atoms with Gasteiger partial charge < -0.3 is 44.4 Å². The standard InChI is InChI=1S/C39H59N3O8/c1-7-8-9-10-11-12-13-14-15-16-23-47-37-36-35(49-39(3,4)50-36)34(48-37)27(2)41-38(44)42-30-20-17-28(18-21-30)25-33(43)40-26-29-19-22-31(45-5)32(24-29)46-6/h17-22,24,27,34-37H,7-16,23,25-26H2,1-6H3,(H,40,43)(H2,41,42,44)/t27-,34+,35-,36-,37-/m0/s1. The first-order chi connectivity index (χ1) is 24.1. The number of anilines is 1. The molecule has 0 radical (unpaired) electrons. The molecule has 11 nitrogen and oxygen atoms in total. The molecule has 2 saturated heterocycles. The van der Waals surface area contributed by atoms with Gasteiger partial charge in [-0.3, -0.25) is 4.79 Å². The second-order valence-electron chi connectivity index (χ2n) is 13.8. The second kappa shape index (κ2) is 19.9. The summed E-state index contributed by atoms with van der Waals surface area (Å²) in [5.74, 6) is 0.363. The van der Waals surface area contributed by atoms with E-state index in [2.05, 4.69) is 22.9 Å². The van der Waals surface area contributed by atoms with Gasteiger partial charge in [-0.25, -0.2) is 4.79 Å². The van der Waals surface area contributed by atoms with Crippen molar-refractivity contribution < 1.29 is 38.0 Å². The van der Waals surface area contributed by atoms with E-state index < -0.39 is 18.2 Å². The second-order valence-corrected chi connectivity index (χ2v) is 13.8. The van der Waals surface area contributed by atoms with E-state index in [0.717, 1.165) is 24.0 Å². The van der Waals surface area contributed by atoms with E-state index in [1.807, 2.05) is 51.1 Å². The number of carbonyl (C=O) groups excluding carboxylic acids is 2. The number of nitrogens with one attached hydrogen (secondary N) is 3. The molecule has 4 rings (SSSR count). The van der Waals surface area contributed by atoms with Crippen LogP contribution in [0.4, 0.5) is 10.5 Å². The van der Waals surface area contributed by atoms with Gasteiger partial charge in [0, 0.05) is 18.8 Å². The summed E-state index contributed by atoms with van der Waals surface area (Å²) < 4.78 is 35.4. The molecule has 0 unspecified atom stereocenters. The molecule has 0 saturated carbocycles. The van der Waals surface area contributed by atoms with E-state index in [1.54, 1.807) is 26.4 Å². The monoisotopic (exact) mass is 697 g/mol. The Balaban J connectivity index is 1.17. The number of urea groups is 1. The van der Waals surface area contributed by atoms with Gasteiger partial charge in [-0.1, -0.05) is 82.9 Å². The van der Waals surface area contributed by atoms with Crippen LogP contribution >= 0.6 is 0 Å². The number of methoxy groups -OCH3 is 2. The minimum atomic E-state index is -0.764. The van der Waals surface area contributed by atoms with Crippen LogP contribution in [-0.4, -0.2) is 69.2 Å². The van der Waals surface area contributed by atoms with Crippen molar-refractivity contribution in [3.63, 3.8) is 0 Å². The molecule has 2 aromatic carbocycles. The number of unbranched alkanes of at least 4 members (excludes halogenated alkanes) is 9. The fourth-order valence-corrected chi connectivity index (χ4v) is 6.52. The van der Waals surface area contributed by atoms with Crippen molar-refractivity contribution in [2.45, 2.75) is 141 Å². The first kappa shape index (κ1) is 39.4. The molecule has 5 atom stereocenters. The number of hydrogen-bond donors (Lipinski definition) is 3. The van der Waals surface area contributed by atoms with Gasteiger partial charge >= 0.3 is 6.03 Å². The molecular formula is C39H59N3O8. The fourth-order valence-electron chi connectivity index (χ4n) is 6.52. The molecule has 2 heterocycles. The lowest BCUT2D eigenvalue weighted by molar-refractivity contribution is -0.235. The van der Waals surface area contributed by atoms with Crippen molar-refractivity contribution >= 4 is 17.6 Å². The third-order valence-electron chi connectivity index (χ3n) is 9.19. The molecule has 2 aliphatic heterocycles. The summed E-state index contributed by atoms with van der Waals surface area (Å²) in [7, 11) is 3.16. The zero-order valence-corrected chi connectivity index (χ0v) is 30.9. The lowest BCUT2D eigenvalue weighted by Gasteiger charge is -2.27. The Bertz CT molecular complexity index is 1340. The lowest BCUT2D eigenvalue weighted by atomic mass is 10.1. The molecule has 11 heteroatoms. The minimum Gasteiger partial charge on any atom is -0.493 e. The summed E-state index contributed by atoms with van der Waals surface area (Å²) in [6.45, 7) is 8.88. The zero-order chi connectivity index (χ0) is 35.9. The first-order valence-corrected chi connectivity index (χ1v) is 18.4. The van der Waals surface area contributed by atoms with Crippen molar-refractivity contribution in [1.29, 1.82) is 0 Å². The maximum Gasteiger partial charge on any atom is 0.319 e. The van der Waals surface area contributed by atoms with Crippen LogP contribution in [0.1, 0.15) is 103 Å². The molecule has 2 aromatic rings. The highest BCUT2D eigenvalue weighted by Gasteiger charge is 2.57. The van der Waals surface area contributed by atoms with Gasteiger partial charge in [0.15, 0.2) is 23.6 Å². The number of hydrogen-bond acceptors (Lipinski definition) is 8. The van der Waals surface area contributed by atoms with Gasteiger partial charge in [-0.05, 0) is 62.6 Å². The highest BCUT2D eigenvalue weighted by Crippen LogP contribution is 2.40. The van der Waals surface area contributed by atoms with Gasteiger partial charge in [-0.2, -0.15) is 0 Å². The first-order valence-electron chi connectivity index (χ1n) is 18.4. The van der Waals surface area contributed by atoms with Crippen molar-refractivity contribution in [1.82, 2.24) is 10.6 Å². The van der Waals surface area contributed by atoms with E-state index in [9.17, 15) is 9.59 Å². The van der Waals surface area contributed by atoms with E-state index in [-0.39, 0.29) is 36.6 Å². The molecule has 0 aliphatic carbocycles. The maximum absolute atomic E-state index is 13.0. The Kier molecular flexibility index (Phi) is 15.7. The molecule has 2 fully saturated rings. The molecule has 3 amide bonds. The van der Waals surface area contributed by atoms with Crippen LogP contribution in [-0.2, 0) is 36.7 Å². The van der Waals surface area contributed by atoms with Gasteiger partial charge in [0.2, 0.25) is 5.91 Å². The summed E-state index contributed by atoms with van der Waals surface area (Å²) in [4.78, 5) is 25.6. The largest absolute Gasteiger partial charge is 0.493 e. The number of amides is 3. The van der Waals surface area contributed by atoms with Gasteiger partial charge in [0.25, 0.3) is 0 Å². The van der Waals surface area contributed by atoms with E-state index in [4.69, 9.17) is 28.4 Å². The van der Waals surface area contributed by atoms with E-state index in [0.29, 0.717) is 30.3 Å². The van der Waals surface area contributed by atoms with Gasteiger partial charge in [-0.15, -0.1) is 0 Å². The molecule has 278 valence electrons. The van der Waals surface area contributed by atoms with Crippen LogP contribution in [0.2, 0.25) is 0 Å². The summed E-state index contributed by atoms with van der Waals surface area (Å²) >= 11 is 0. The molecular weight excluding hydrogens is 638 g/mol.